The first kappa shape index (κ1) is 15.9. The van der Waals surface area contributed by atoms with Crippen molar-refractivity contribution in [2.45, 2.75) is 26.3 Å². The molecule has 5 heteroatoms. The normalized spacial score (nSPS) is 10.4. The summed E-state index contributed by atoms with van der Waals surface area (Å²) in [5.74, 6) is 1.15. The number of anilines is 1. The molecule has 0 bridgehead atoms. The summed E-state index contributed by atoms with van der Waals surface area (Å²) in [5, 5.41) is 0. The number of rotatable bonds is 8. The fourth-order valence-electron chi connectivity index (χ4n) is 2.04. The molecule has 118 valence electrons. The van der Waals surface area contributed by atoms with Gasteiger partial charge in [0.05, 0.1) is 13.2 Å². The fourth-order valence-corrected chi connectivity index (χ4v) is 2.04. The summed E-state index contributed by atoms with van der Waals surface area (Å²) >= 11 is 0. The molecule has 1 aromatic carbocycles. The number of pyridine rings is 1. The highest BCUT2D eigenvalue weighted by molar-refractivity contribution is 5.43. The maximum atomic E-state index is 12.2. The van der Waals surface area contributed by atoms with Crippen LogP contribution in [0.5, 0.6) is 11.5 Å². The van der Waals surface area contributed by atoms with E-state index in [1.165, 1.54) is 0 Å². The molecule has 0 amide bonds. The molecule has 0 fully saturated rings. The van der Waals surface area contributed by atoms with E-state index >= 15 is 0 Å². The van der Waals surface area contributed by atoms with Gasteiger partial charge < -0.3 is 19.8 Å². The molecule has 2 N–H and O–H groups in total. The number of aromatic nitrogens is 1. The van der Waals surface area contributed by atoms with E-state index in [1.807, 2.05) is 31.2 Å². The van der Waals surface area contributed by atoms with Crippen LogP contribution in [0.1, 0.15) is 19.8 Å². The summed E-state index contributed by atoms with van der Waals surface area (Å²) < 4.78 is 12.7. The Balaban J connectivity index is 1.85. The third-order valence-electron chi connectivity index (χ3n) is 3.12. The van der Waals surface area contributed by atoms with Crippen molar-refractivity contribution in [2.75, 3.05) is 18.9 Å². The zero-order chi connectivity index (χ0) is 15.8. The number of benzene rings is 1. The summed E-state index contributed by atoms with van der Waals surface area (Å²) in [5.41, 5.74) is 6.27. The van der Waals surface area contributed by atoms with Crippen molar-refractivity contribution in [3.8, 4) is 11.5 Å². The van der Waals surface area contributed by atoms with E-state index in [-0.39, 0.29) is 5.56 Å². The van der Waals surface area contributed by atoms with Gasteiger partial charge in [0.25, 0.3) is 5.56 Å². The molecule has 2 rings (SSSR count). The Hall–Kier alpha value is -2.43. The molecule has 5 nitrogen and oxygen atoms in total. The number of nitrogens with two attached hydrogens (primary N) is 1. The van der Waals surface area contributed by atoms with Crippen LogP contribution < -0.4 is 20.8 Å². The summed E-state index contributed by atoms with van der Waals surface area (Å²) in [6, 6.07) is 10.8. The first-order valence-electron chi connectivity index (χ1n) is 7.51. The Morgan fingerprint density at radius 3 is 2.77 bits per heavy atom. The summed E-state index contributed by atoms with van der Waals surface area (Å²) in [4.78, 5) is 12.2. The van der Waals surface area contributed by atoms with Crippen molar-refractivity contribution in [1.29, 1.82) is 0 Å². The molecule has 0 aliphatic heterocycles. The second-order valence-electron chi connectivity index (χ2n) is 4.99. The molecule has 0 aliphatic rings. The largest absolute Gasteiger partial charge is 0.493 e. The second-order valence-corrected chi connectivity index (χ2v) is 4.99. The van der Waals surface area contributed by atoms with Gasteiger partial charge in [-0.15, -0.1) is 0 Å². The van der Waals surface area contributed by atoms with E-state index in [2.05, 4.69) is 0 Å². The highest BCUT2D eigenvalue weighted by atomic mass is 16.5. The van der Waals surface area contributed by atoms with Gasteiger partial charge in [0.1, 0.15) is 5.75 Å². The van der Waals surface area contributed by atoms with Crippen LogP contribution >= 0.6 is 0 Å². The van der Waals surface area contributed by atoms with E-state index in [0.717, 1.165) is 18.6 Å². The molecule has 22 heavy (non-hydrogen) atoms. The summed E-state index contributed by atoms with van der Waals surface area (Å²) in [6.45, 7) is 3.67. The third-order valence-corrected chi connectivity index (χ3v) is 3.12. The Kier molecular flexibility index (Phi) is 5.89. The molecule has 0 atom stereocenters. The topological polar surface area (TPSA) is 66.5 Å². The Labute approximate surface area is 130 Å². The molecular formula is C17H22N2O3. The maximum Gasteiger partial charge on any atom is 0.292 e. The van der Waals surface area contributed by atoms with Crippen molar-refractivity contribution in [2.24, 2.45) is 0 Å². The molecular weight excluding hydrogens is 280 g/mol. The van der Waals surface area contributed by atoms with Crippen LogP contribution in [-0.4, -0.2) is 17.8 Å². The molecule has 0 radical (unpaired) electrons. The third kappa shape index (κ3) is 4.55. The van der Waals surface area contributed by atoms with E-state index < -0.39 is 0 Å². The lowest BCUT2D eigenvalue weighted by Gasteiger charge is -2.10. The zero-order valence-corrected chi connectivity index (χ0v) is 12.8. The van der Waals surface area contributed by atoms with Crippen molar-refractivity contribution < 1.29 is 9.47 Å². The van der Waals surface area contributed by atoms with Gasteiger partial charge in [-0.2, -0.15) is 0 Å². The van der Waals surface area contributed by atoms with Gasteiger partial charge in [-0.3, -0.25) is 4.79 Å². The number of nitrogens with zero attached hydrogens (tertiary/aromatic N) is 1. The van der Waals surface area contributed by atoms with Crippen molar-refractivity contribution in [3.63, 3.8) is 0 Å². The molecule has 0 saturated carbocycles. The Bertz CT molecular complexity index is 652. The van der Waals surface area contributed by atoms with Crippen molar-refractivity contribution in [1.82, 2.24) is 4.57 Å². The number of hydrogen-bond donors (Lipinski definition) is 1. The van der Waals surface area contributed by atoms with Gasteiger partial charge in [0.15, 0.2) is 5.75 Å². The molecule has 1 aromatic heterocycles. The first-order chi connectivity index (χ1) is 10.7. The first-order valence-corrected chi connectivity index (χ1v) is 7.51. The zero-order valence-electron chi connectivity index (χ0n) is 12.8. The van der Waals surface area contributed by atoms with E-state index in [0.29, 0.717) is 31.2 Å². The van der Waals surface area contributed by atoms with Crippen molar-refractivity contribution >= 4 is 5.69 Å². The van der Waals surface area contributed by atoms with Crippen LogP contribution in [0.15, 0.2) is 47.4 Å². The van der Waals surface area contributed by atoms with E-state index in [1.54, 1.807) is 22.9 Å². The fraction of sp³-hybridized carbons (Fsp3) is 0.353. The molecule has 2 aromatic rings. The minimum Gasteiger partial charge on any atom is -0.493 e. The summed E-state index contributed by atoms with van der Waals surface area (Å²) in [6.07, 6.45) is 3.37. The van der Waals surface area contributed by atoms with Gasteiger partial charge in [0.2, 0.25) is 0 Å². The van der Waals surface area contributed by atoms with Gasteiger partial charge in [-0.25, -0.2) is 0 Å². The van der Waals surface area contributed by atoms with Crippen LogP contribution in [0.3, 0.4) is 0 Å². The van der Waals surface area contributed by atoms with Crippen LogP contribution in [0.25, 0.3) is 0 Å². The Morgan fingerprint density at radius 2 is 2.00 bits per heavy atom. The monoisotopic (exact) mass is 302 g/mol. The van der Waals surface area contributed by atoms with Crippen LogP contribution in [0.4, 0.5) is 5.69 Å². The second kappa shape index (κ2) is 8.12. The molecule has 0 saturated heterocycles. The maximum absolute atomic E-state index is 12.2. The van der Waals surface area contributed by atoms with Crippen LogP contribution in [0, 0.1) is 0 Å². The number of ether oxygens (including phenoxy) is 2. The average molecular weight is 302 g/mol. The minimum atomic E-state index is -0.0973. The minimum absolute atomic E-state index is 0.0973. The summed E-state index contributed by atoms with van der Waals surface area (Å²) in [7, 11) is 0. The van der Waals surface area contributed by atoms with E-state index in [4.69, 9.17) is 15.2 Å². The molecule has 0 aliphatic carbocycles. The van der Waals surface area contributed by atoms with Gasteiger partial charge in [-0.05, 0) is 37.1 Å². The molecule has 0 spiro atoms. The van der Waals surface area contributed by atoms with Gasteiger partial charge >= 0.3 is 0 Å². The number of hydrogen-bond acceptors (Lipinski definition) is 4. The predicted octanol–water partition coefficient (Wildman–Crippen LogP) is 2.69. The lowest BCUT2D eigenvalue weighted by atomic mass is 10.3. The molecule has 1 heterocycles. The predicted molar refractivity (Wildman–Crippen MR) is 87.5 cm³/mol. The van der Waals surface area contributed by atoms with Crippen molar-refractivity contribution in [3.05, 3.63) is 52.9 Å². The SMILES string of the molecule is CCCOc1cccn(CCCOc2cccc(N)c2)c1=O. The Morgan fingerprint density at radius 1 is 1.14 bits per heavy atom. The highest BCUT2D eigenvalue weighted by Crippen LogP contribution is 2.14. The number of nitrogen functional groups attached to an aromatic ring is 1. The number of aryl methyl sites for hydroxylation is 1. The quantitative estimate of drug-likeness (QED) is 0.601. The van der Waals surface area contributed by atoms with Gasteiger partial charge in [0, 0.05) is 24.5 Å². The lowest BCUT2D eigenvalue weighted by Crippen LogP contribution is -2.22. The standard InChI is InChI=1S/C17H22N2O3/c1-2-11-22-16-8-4-9-19(17(16)20)10-5-12-21-15-7-3-6-14(18)13-15/h3-4,6-9,13H,2,5,10-12,18H2,1H3. The molecule has 0 unspecified atom stereocenters. The lowest BCUT2D eigenvalue weighted by molar-refractivity contribution is 0.295. The highest BCUT2D eigenvalue weighted by Gasteiger charge is 2.04. The van der Waals surface area contributed by atoms with E-state index in [9.17, 15) is 4.79 Å². The van der Waals surface area contributed by atoms with Crippen LogP contribution in [0.2, 0.25) is 0 Å². The van der Waals surface area contributed by atoms with Gasteiger partial charge in [-0.1, -0.05) is 13.0 Å². The smallest absolute Gasteiger partial charge is 0.292 e. The van der Waals surface area contributed by atoms with Crippen LogP contribution in [-0.2, 0) is 6.54 Å². The average Bonchev–Trinajstić information content (AvgIpc) is 2.52.